The van der Waals surface area contributed by atoms with Crippen molar-refractivity contribution >= 4 is 148 Å². The first kappa shape index (κ1) is 103. The Bertz CT molecular complexity index is 6350. The molecule has 0 aliphatic carbocycles. The van der Waals surface area contributed by atoms with Crippen molar-refractivity contribution in [1.82, 2.24) is 39.5 Å². The molecule has 12 aromatic rings. The van der Waals surface area contributed by atoms with Crippen molar-refractivity contribution in [3.05, 3.63) is 374 Å². The molecule has 30 heteroatoms. The number of nitrogens with one attached hydrogen (secondary N) is 8. The molecular weight excluding hydrogens is 1890 g/mol. The van der Waals surface area contributed by atoms with E-state index >= 15 is 0 Å². The molecule has 4 saturated heterocycles. The normalized spacial score (nSPS) is 13.1. The molecule has 0 saturated carbocycles. The lowest BCUT2D eigenvalue weighted by molar-refractivity contribution is 0.0976. The first-order valence-corrected chi connectivity index (χ1v) is 46.3. The molecule has 4 aromatic heterocycles. The molecular formula is C106H106Br2Cl2F2N16O8. The molecule has 4 amide bonds. The molecule has 4 fully saturated rings. The summed E-state index contributed by atoms with van der Waals surface area (Å²) in [7, 11) is 0. The number of Topliss-reactive ketones (excluding diaryl/α,β-unsaturated/α-hetero) is 4. The van der Waals surface area contributed by atoms with Gasteiger partial charge in [0, 0.05) is 167 Å². The number of pyridine rings is 4. The number of ketones is 4. The second-order valence-corrected chi connectivity index (χ2v) is 35.4. The Kier molecular flexibility index (Phi) is 37.3. The summed E-state index contributed by atoms with van der Waals surface area (Å²) >= 11 is 18.3. The number of benzene rings is 8. The molecule has 4 aliphatic rings. The molecule has 4 aliphatic heterocycles. The van der Waals surface area contributed by atoms with Gasteiger partial charge in [0.25, 0.3) is 23.6 Å². The van der Waals surface area contributed by atoms with Crippen molar-refractivity contribution in [2.45, 2.75) is 119 Å². The van der Waals surface area contributed by atoms with Crippen LogP contribution < -0.4 is 21.3 Å². The minimum Gasteiger partial charge on any atom is -0.357 e. The molecule has 24 nitrogen and oxygen atoms in total. The molecule has 0 bridgehead atoms. The number of likely N-dealkylation sites (tertiary alicyclic amines) is 4. The average Bonchev–Trinajstić information content (AvgIpc) is 1.02. The van der Waals surface area contributed by atoms with Crippen LogP contribution in [0.25, 0.3) is 0 Å². The van der Waals surface area contributed by atoms with Crippen LogP contribution >= 0.6 is 55.1 Å². The second-order valence-electron chi connectivity index (χ2n) is 32.7. The van der Waals surface area contributed by atoms with Gasteiger partial charge in [-0.3, -0.25) is 60.0 Å². The Balaban J connectivity index is 0.000000173. The largest absolute Gasteiger partial charge is 0.357 e. The van der Waals surface area contributed by atoms with Crippen molar-refractivity contribution in [3.63, 3.8) is 0 Å². The van der Waals surface area contributed by atoms with Gasteiger partial charge >= 0.3 is 0 Å². The quantitative estimate of drug-likeness (QED) is 0.0158. The van der Waals surface area contributed by atoms with E-state index in [4.69, 9.17) is 44.8 Å². The van der Waals surface area contributed by atoms with Crippen LogP contribution in [0.2, 0.25) is 10.0 Å². The first-order valence-electron chi connectivity index (χ1n) is 44.0. The van der Waals surface area contributed by atoms with E-state index in [-0.39, 0.29) is 86.7 Å². The van der Waals surface area contributed by atoms with Crippen LogP contribution in [-0.4, -0.2) is 162 Å². The standard InChI is InChI=1S/C27H27ClN4O2.C26H24BrFN4O2.C26H25ClN4O2.C25H22BrFN4O2.2CH4/c1-18-5-6-21(23(15-18)27(34)31-25-12-11-22(28)17-30-25)16-24(33)19-7-9-20(10-8-19)26(29)32-13-3-2-4-14-32;27-19-9-11-24(30-16-19)31-26(34)20-7-3-2-6-17(20)15-23(33)21-10-8-18(14-22(21)28)25(29)32-12-4-1-5-13-32;1-17-4-5-20(22(14-17)26(33)30-24-11-10-21(27)16-29-24)15-23(32)18-6-8-19(9-7-18)25(28)31-12-2-3-13-31;26-18-8-10-23(29-15-18)30-25(33)19-6-2-1-5-16(19)14-22(32)20-9-7-17(13-21(20)27)24(28)31-11-3-4-12-31;;/h5-12,15,17,29H,2-4,13-14,16H2,1H3,(H,30,31,34);2-3,6-11,14,16,29H,1,4-5,12-13,15H2,(H,30,31,34);4-11,14,16,28H,2-3,12-13,15H2,1H3,(H,29,30,33);1-2,5-10,13,15,28H,3-4,11-12,14H2,(H,29,30,33);2*1H4. The number of rotatable bonds is 24. The molecule has 16 rings (SSSR count). The topological polar surface area (TPSA) is 345 Å². The zero-order chi connectivity index (χ0) is 94.9. The number of hydrogen-bond donors (Lipinski definition) is 8. The van der Waals surface area contributed by atoms with Crippen molar-refractivity contribution in [1.29, 1.82) is 21.6 Å². The number of anilines is 4. The second kappa shape index (κ2) is 49.4. The predicted octanol–water partition coefficient (Wildman–Crippen LogP) is 22.5. The molecule has 136 heavy (non-hydrogen) atoms. The van der Waals surface area contributed by atoms with Gasteiger partial charge in [-0.25, -0.2) is 28.7 Å². The lowest BCUT2D eigenvalue weighted by atomic mass is 9.96. The van der Waals surface area contributed by atoms with Gasteiger partial charge in [0.05, 0.1) is 21.2 Å². The van der Waals surface area contributed by atoms with Crippen molar-refractivity contribution in [2.24, 2.45) is 0 Å². The van der Waals surface area contributed by atoms with Gasteiger partial charge in [0.15, 0.2) is 23.1 Å². The lowest BCUT2D eigenvalue weighted by Gasteiger charge is -2.29. The van der Waals surface area contributed by atoms with E-state index in [0.717, 1.165) is 141 Å². The Labute approximate surface area is 817 Å². The van der Waals surface area contributed by atoms with Gasteiger partial charge in [0.1, 0.15) is 58.2 Å². The van der Waals surface area contributed by atoms with Gasteiger partial charge in [-0.15, -0.1) is 0 Å². The summed E-state index contributed by atoms with van der Waals surface area (Å²) in [6, 6.07) is 60.8. The monoisotopic (exact) mass is 2000 g/mol. The summed E-state index contributed by atoms with van der Waals surface area (Å²) in [5.41, 5.74) is 9.16. The Morgan fingerprint density at radius 3 is 0.890 bits per heavy atom. The maximum atomic E-state index is 14.9. The number of nitrogens with zero attached hydrogens (tertiary/aromatic N) is 8. The minimum atomic E-state index is -0.664. The van der Waals surface area contributed by atoms with E-state index in [1.54, 1.807) is 158 Å². The van der Waals surface area contributed by atoms with E-state index in [1.165, 1.54) is 43.1 Å². The van der Waals surface area contributed by atoms with Crippen LogP contribution in [0.4, 0.5) is 32.1 Å². The zero-order valence-electron chi connectivity index (χ0n) is 73.8. The zero-order valence-corrected chi connectivity index (χ0v) is 78.4. The summed E-state index contributed by atoms with van der Waals surface area (Å²) in [5, 5.41) is 45.4. The Hall–Kier alpha value is -13.8. The van der Waals surface area contributed by atoms with Gasteiger partial charge in [-0.1, -0.05) is 171 Å². The number of amidine groups is 4. The fourth-order valence-electron chi connectivity index (χ4n) is 15.8. The summed E-state index contributed by atoms with van der Waals surface area (Å²) < 4.78 is 31.3. The van der Waals surface area contributed by atoms with E-state index in [9.17, 15) is 47.1 Å². The molecule has 8 N–H and O–H groups in total. The molecule has 0 atom stereocenters. The van der Waals surface area contributed by atoms with Gasteiger partial charge < -0.3 is 40.9 Å². The number of aryl methyl sites for hydroxylation is 2. The predicted molar refractivity (Wildman–Crippen MR) is 540 cm³/mol. The summed E-state index contributed by atoms with van der Waals surface area (Å²) in [4.78, 5) is 128. The highest BCUT2D eigenvalue weighted by atomic mass is 79.9. The third kappa shape index (κ3) is 28.2. The SMILES string of the molecule is C.C.Cc1ccc(CC(=O)c2ccc(C(=N)N3CCCC3)cc2)c(C(=O)Nc2ccc(Cl)cn2)c1.Cc1ccc(CC(=O)c2ccc(C(=N)N3CCCCC3)cc2)c(C(=O)Nc2ccc(Cl)cn2)c1.N=C(c1ccc(C(=O)Cc2ccccc2C(=O)Nc2ccc(Br)cn2)c(F)c1)N1CCCC1.N=C(c1ccc(C(=O)Cc2ccccc2C(=O)Nc2ccc(Br)cn2)c(F)c1)N1CCCCC1. The number of halogens is 6. The van der Waals surface area contributed by atoms with Crippen molar-refractivity contribution in [3.8, 4) is 0 Å². The third-order valence-corrected chi connectivity index (χ3v) is 24.4. The van der Waals surface area contributed by atoms with E-state index in [2.05, 4.69) is 82.9 Å². The van der Waals surface area contributed by atoms with Crippen molar-refractivity contribution in [2.75, 3.05) is 73.6 Å². The molecule has 0 radical (unpaired) electrons. The smallest absolute Gasteiger partial charge is 0.257 e. The van der Waals surface area contributed by atoms with E-state index in [0.29, 0.717) is 112 Å². The molecule has 0 unspecified atom stereocenters. The summed E-state index contributed by atoms with van der Waals surface area (Å²) in [6.07, 6.45) is 16.9. The van der Waals surface area contributed by atoms with Gasteiger partial charge in [-0.05, 0) is 229 Å². The van der Waals surface area contributed by atoms with Gasteiger partial charge in [-0.2, -0.15) is 0 Å². The minimum absolute atomic E-state index is 0. The van der Waals surface area contributed by atoms with Crippen LogP contribution in [0, 0.1) is 47.1 Å². The van der Waals surface area contributed by atoms with Crippen LogP contribution in [-0.2, 0) is 25.7 Å². The van der Waals surface area contributed by atoms with E-state index < -0.39 is 35.0 Å². The number of hydrogen-bond acceptors (Lipinski definition) is 16. The number of carbonyl (C=O) groups is 8. The van der Waals surface area contributed by atoms with Crippen molar-refractivity contribution < 1.29 is 47.1 Å². The maximum absolute atomic E-state index is 14.9. The van der Waals surface area contributed by atoms with Crippen LogP contribution in [0.5, 0.6) is 0 Å². The lowest BCUT2D eigenvalue weighted by Crippen LogP contribution is -2.35. The van der Waals surface area contributed by atoms with E-state index in [1.807, 2.05) is 72.2 Å². The third-order valence-electron chi connectivity index (χ3n) is 23.1. The fraction of sp³-hybridized carbons (Fsp3) is 0.245. The first-order chi connectivity index (χ1) is 64.6. The molecule has 700 valence electrons. The number of carbonyl (C=O) groups excluding carboxylic acids is 8. The number of aromatic nitrogens is 4. The number of amides is 4. The average molecular weight is 2000 g/mol. The fourth-order valence-corrected chi connectivity index (χ4v) is 16.5. The Morgan fingerprint density at radius 2 is 0.581 bits per heavy atom. The van der Waals surface area contributed by atoms with Crippen LogP contribution in [0.15, 0.2) is 252 Å². The Morgan fingerprint density at radius 1 is 0.309 bits per heavy atom. The maximum Gasteiger partial charge on any atom is 0.257 e. The molecule has 8 heterocycles. The number of piperidine rings is 2. The summed E-state index contributed by atoms with van der Waals surface area (Å²) in [6.45, 7) is 10.6. The highest BCUT2D eigenvalue weighted by Gasteiger charge is 2.27. The molecule has 0 spiro atoms. The van der Waals surface area contributed by atoms with Crippen LogP contribution in [0.3, 0.4) is 0 Å². The molecule has 8 aromatic carbocycles. The highest BCUT2D eigenvalue weighted by Crippen LogP contribution is 2.28. The van der Waals surface area contributed by atoms with Gasteiger partial charge in [0.2, 0.25) is 0 Å². The van der Waals surface area contributed by atoms with Crippen LogP contribution in [0.1, 0.15) is 218 Å². The highest BCUT2D eigenvalue weighted by molar-refractivity contribution is 9.10. The summed E-state index contributed by atoms with van der Waals surface area (Å²) in [5.74, 6) is -0.725.